The number of rotatable bonds is 3. The minimum absolute atomic E-state index is 0.170. The Labute approximate surface area is 157 Å². The van der Waals surface area contributed by atoms with Gasteiger partial charge in [0.2, 0.25) is 0 Å². The molecule has 0 spiro atoms. The predicted octanol–water partition coefficient (Wildman–Crippen LogP) is 6.86. The van der Waals surface area contributed by atoms with E-state index in [1.165, 1.54) is 52.2 Å². The Hall–Kier alpha value is -2.54. The lowest BCUT2D eigenvalue weighted by Crippen LogP contribution is -2.15. The van der Waals surface area contributed by atoms with Crippen molar-refractivity contribution in [3.8, 4) is 0 Å². The highest BCUT2D eigenvalue weighted by Crippen LogP contribution is 2.38. The first-order valence-corrected chi connectivity index (χ1v) is 9.51. The van der Waals surface area contributed by atoms with Gasteiger partial charge in [0.15, 0.2) is 0 Å². The molecule has 3 aromatic rings. The Kier molecular flexibility index (Phi) is 4.11. The second-order valence-corrected chi connectivity index (χ2v) is 8.42. The van der Waals surface area contributed by atoms with E-state index in [4.69, 9.17) is 0 Å². The Morgan fingerprint density at radius 2 is 1.19 bits per heavy atom. The molecule has 0 atom stereocenters. The van der Waals surface area contributed by atoms with E-state index < -0.39 is 0 Å². The lowest BCUT2D eigenvalue weighted by molar-refractivity contribution is 0.590. The summed E-state index contributed by atoms with van der Waals surface area (Å²) in [4.78, 5) is 2.37. The van der Waals surface area contributed by atoms with Crippen LogP contribution in [-0.4, -0.2) is 0 Å². The third-order valence-electron chi connectivity index (χ3n) is 5.40. The van der Waals surface area contributed by atoms with Crippen molar-refractivity contribution in [3.05, 3.63) is 89.0 Å². The summed E-state index contributed by atoms with van der Waals surface area (Å²) in [5, 5.41) is 0. The topological polar surface area (TPSA) is 3.24 Å². The zero-order valence-corrected chi connectivity index (χ0v) is 16.2. The van der Waals surface area contributed by atoms with Gasteiger partial charge in [-0.05, 0) is 78.3 Å². The monoisotopic (exact) mass is 341 g/mol. The van der Waals surface area contributed by atoms with Gasteiger partial charge in [0.1, 0.15) is 0 Å². The number of hydrogen-bond donors (Lipinski definition) is 0. The fourth-order valence-corrected chi connectivity index (χ4v) is 3.57. The van der Waals surface area contributed by atoms with E-state index in [0.29, 0.717) is 0 Å². The molecule has 0 unspecified atom stereocenters. The fraction of sp³-hybridized carbons (Fsp3) is 0.280. The van der Waals surface area contributed by atoms with E-state index in [1.54, 1.807) is 0 Å². The van der Waals surface area contributed by atoms with Crippen LogP contribution < -0.4 is 4.90 Å². The summed E-state index contributed by atoms with van der Waals surface area (Å²) in [6.45, 7) is 8.92. The average Bonchev–Trinajstić information content (AvgIpc) is 2.59. The molecule has 4 rings (SSSR count). The number of aryl methyl sites for hydroxylation is 3. The van der Waals surface area contributed by atoms with Gasteiger partial charge in [0.05, 0.1) is 0 Å². The molecule has 1 heteroatoms. The molecule has 0 heterocycles. The minimum Gasteiger partial charge on any atom is -0.310 e. The lowest BCUT2D eigenvalue weighted by Gasteiger charge is -2.29. The smallest absolute Gasteiger partial charge is 0.0464 e. The Bertz CT molecular complexity index is 912. The highest BCUT2D eigenvalue weighted by molar-refractivity contribution is 5.77. The number of hydrogen-bond acceptors (Lipinski definition) is 1. The van der Waals surface area contributed by atoms with Crippen molar-refractivity contribution >= 4 is 17.1 Å². The molecule has 3 aromatic carbocycles. The number of nitrogens with zero attached hydrogens (tertiary/aromatic N) is 1. The van der Waals surface area contributed by atoms with E-state index in [0.717, 1.165) is 0 Å². The predicted molar refractivity (Wildman–Crippen MR) is 112 cm³/mol. The van der Waals surface area contributed by atoms with Gasteiger partial charge in [-0.1, -0.05) is 56.7 Å². The zero-order chi connectivity index (χ0) is 18.3. The number of benzene rings is 3. The van der Waals surface area contributed by atoms with Gasteiger partial charge >= 0.3 is 0 Å². The molecule has 1 nitrogen and oxygen atoms in total. The largest absolute Gasteiger partial charge is 0.310 e. The standard InChI is InChI=1S/C25H27N/c1-18-5-12-22(13-6-18)26(24-14-9-19-7-8-20(19)17-24)23-15-10-21(11-16-23)25(2,3)4/h5-6,9-17H,7-8H2,1-4H3. The molecule has 0 amide bonds. The summed E-state index contributed by atoms with van der Waals surface area (Å²) < 4.78 is 0. The van der Waals surface area contributed by atoms with Gasteiger partial charge in [-0.25, -0.2) is 0 Å². The van der Waals surface area contributed by atoms with Crippen LogP contribution in [0.1, 0.15) is 43.0 Å². The van der Waals surface area contributed by atoms with Crippen molar-refractivity contribution < 1.29 is 0 Å². The Morgan fingerprint density at radius 1 is 0.654 bits per heavy atom. The fourth-order valence-electron chi connectivity index (χ4n) is 3.57. The van der Waals surface area contributed by atoms with Crippen LogP contribution in [0.5, 0.6) is 0 Å². The summed E-state index contributed by atoms with van der Waals surface area (Å²) in [7, 11) is 0. The van der Waals surface area contributed by atoms with Crippen LogP contribution in [0, 0.1) is 6.92 Å². The summed E-state index contributed by atoms with van der Waals surface area (Å²) in [6.07, 6.45) is 2.42. The highest BCUT2D eigenvalue weighted by atomic mass is 15.1. The first kappa shape index (κ1) is 16.9. The molecular formula is C25H27N. The zero-order valence-electron chi connectivity index (χ0n) is 16.2. The number of anilines is 3. The van der Waals surface area contributed by atoms with Crippen LogP contribution in [0.4, 0.5) is 17.1 Å². The third-order valence-corrected chi connectivity index (χ3v) is 5.40. The third kappa shape index (κ3) is 3.14. The van der Waals surface area contributed by atoms with Crippen LogP contribution in [0.3, 0.4) is 0 Å². The van der Waals surface area contributed by atoms with Crippen molar-refractivity contribution in [2.75, 3.05) is 4.90 Å². The summed E-state index contributed by atoms with van der Waals surface area (Å²) in [5.74, 6) is 0. The molecule has 0 aromatic heterocycles. The molecule has 0 saturated carbocycles. The quantitative estimate of drug-likeness (QED) is 0.503. The maximum atomic E-state index is 2.37. The molecule has 0 bridgehead atoms. The molecule has 0 aliphatic heterocycles. The highest BCUT2D eigenvalue weighted by Gasteiger charge is 2.19. The van der Waals surface area contributed by atoms with Gasteiger partial charge < -0.3 is 4.90 Å². The molecule has 0 saturated heterocycles. The molecular weight excluding hydrogens is 314 g/mol. The number of fused-ring (bicyclic) bond motifs is 1. The van der Waals surface area contributed by atoms with Gasteiger partial charge in [-0.15, -0.1) is 0 Å². The Balaban J connectivity index is 1.79. The SMILES string of the molecule is Cc1ccc(N(c2ccc(C(C)(C)C)cc2)c2ccc3c(c2)CC3)cc1. The molecule has 0 radical (unpaired) electrons. The van der Waals surface area contributed by atoms with E-state index in [9.17, 15) is 0 Å². The normalized spacial score (nSPS) is 13.1. The van der Waals surface area contributed by atoms with Gasteiger partial charge in [0, 0.05) is 17.1 Å². The van der Waals surface area contributed by atoms with Crippen molar-refractivity contribution in [1.82, 2.24) is 0 Å². The van der Waals surface area contributed by atoms with Crippen LogP contribution >= 0.6 is 0 Å². The maximum Gasteiger partial charge on any atom is 0.0464 e. The molecule has 1 aliphatic rings. The average molecular weight is 341 g/mol. The molecule has 26 heavy (non-hydrogen) atoms. The van der Waals surface area contributed by atoms with Gasteiger partial charge in [0.25, 0.3) is 0 Å². The Morgan fingerprint density at radius 3 is 1.69 bits per heavy atom. The van der Waals surface area contributed by atoms with Crippen molar-refractivity contribution in [2.24, 2.45) is 0 Å². The molecule has 0 N–H and O–H groups in total. The second kappa shape index (κ2) is 6.32. The molecule has 1 aliphatic carbocycles. The van der Waals surface area contributed by atoms with Crippen molar-refractivity contribution in [2.45, 2.75) is 46.0 Å². The summed E-state index contributed by atoms with van der Waals surface area (Å²) >= 11 is 0. The lowest BCUT2D eigenvalue weighted by atomic mass is 9.87. The van der Waals surface area contributed by atoms with Crippen LogP contribution in [0.15, 0.2) is 66.7 Å². The molecule has 0 fully saturated rings. The molecule has 132 valence electrons. The van der Waals surface area contributed by atoms with E-state index in [-0.39, 0.29) is 5.41 Å². The van der Waals surface area contributed by atoms with Crippen LogP contribution in [0.25, 0.3) is 0 Å². The van der Waals surface area contributed by atoms with E-state index in [1.807, 2.05) is 0 Å². The van der Waals surface area contributed by atoms with Gasteiger partial charge in [-0.3, -0.25) is 0 Å². The maximum absolute atomic E-state index is 2.37. The van der Waals surface area contributed by atoms with Crippen molar-refractivity contribution in [3.63, 3.8) is 0 Å². The van der Waals surface area contributed by atoms with E-state index >= 15 is 0 Å². The van der Waals surface area contributed by atoms with Crippen LogP contribution in [0.2, 0.25) is 0 Å². The summed E-state index contributed by atoms with van der Waals surface area (Å²) in [5.41, 5.74) is 9.47. The first-order chi connectivity index (χ1) is 12.4. The van der Waals surface area contributed by atoms with E-state index in [2.05, 4.69) is 99.3 Å². The minimum atomic E-state index is 0.170. The first-order valence-electron chi connectivity index (χ1n) is 9.51. The van der Waals surface area contributed by atoms with Crippen LogP contribution in [-0.2, 0) is 18.3 Å². The second-order valence-electron chi connectivity index (χ2n) is 8.42. The van der Waals surface area contributed by atoms with Crippen molar-refractivity contribution in [1.29, 1.82) is 0 Å². The summed E-state index contributed by atoms with van der Waals surface area (Å²) in [6, 6.07) is 24.7. The van der Waals surface area contributed by atoms with Gasteiger partial charge in [-0.2, -0.15) is 0 Å².